The van der Waals surface area contributed by atoms with Crippen LogP contribution < -0.4 is 0 Å². The number of likely N-dealkylation sites (tertiary alicyclic amines) is 1. The lowest BCUT2D eigenvalue weighted by Crippen LogP contribution is -2.51. The first-order chi connectivity index (χ1) is 11.2. The highest BCUT2D eigenvalue weighted by Gasteiger charge is 2.45. The van der Waals surface area contributed by atoms with E-state index in [-0.39, 0.29) is 10.7 Å². The van der Waals surface area contributed by atoms with Gasteiger partial charge in [-0.25, -0.2) is 12.7 Å². The third-order valence-electron chi connectivity index (χ3n) is 6.70. The maximum absolute atomic E-state index is 12.3. The van der Waals surface area contributed by atoms with Crippen LogP contribution in [0.25, 0.3) is 0 Å². The Morgan fingerprint density at radius 1 is 0.917 bits per heavy atom. The molecule has 0 aromatic heterocycles. The van der Waals surface area contributed by atoms with Crippen LogP contribution in [0.2, 0.25) is 0 Å². The van der Waals surface area contributed by atoms with Gasteiger partial charge in [-0.2, -0.15) is 0 Å². The van der Waals surface area contributed by atoms with Crippen LogP contribution in [0, 0.1) is 5.41 Å². The number of hydrogen-bond acceptors (Lipinski definition) is 4. The van der Waals surface area contributed by atoms with Gasteiger partial charge in [-0.3, -0.25) is 0 Å². The number of β-amino-alcohol motifs (C(OH)–C–C–N with tert-alkyl or cyclic N) is 1. The van der Waals surface area contributed by atoms with Crippen molar-refractivity contribution in [2.75, 3.05) is 32.7 Å². The maximum atomic E-state index is 12.3. The molecule has 1 N–H and O–H groups in total. The van der Waals surface area contributed by atoms with E-state index in [0.717, 1.165) is 58.2 Å². The van der Waals surface area contributed by atoms with Crippen LogP contribution in [-0.2, 0) is 10.0 Å². The van der Waals surface area contributed by atoms with E-state index in [2.05, 4.69) is 4.90 Å². The molecule has 0 atom stereocenters. The zero-order chi connectivity index (χ0) is 17.4. The zero-order valence-electron chi connectivity index (χ0n) is 15.3. The second-order valence-electron chi connectivity index (χ2n) is 8.70. The molecule has 0 radical (unpaired) electrons. The fraction of sp³-hybridized carbons (Fsp3) is 1.00. The predicted molar refractivity (Wildman–Crippen MR) is 96.4 cm³/mol. The predicted octanol–water partition coefficient (Wildman–Crippen LogP) is 2.21. The first kappa shape index (κ1) is 18.6. The molecule has 3 rings (SSSR count). The molecule has 1 aliphatic carbocycles. The average Bonchev–Trinajstić information content (AvgIpc) is 3.04. The van der Waals surface area contributed by atoms with Crippen LogP contribution in [-0.4, -0.2) is 66.3 Å². The molecule has 6 heteroatoms. The summed E-state index contributed by atoms with van der Waals surface area (Å²) in [7, 11) is -3.12. The van der Waals surface area contributed by atoms with Crippen molar-refractivity contribution < 1.29 is 13.5 Å². The van der Waals surface area contributed by atoms with Gasteiger partial charge in [0, 0.05) is 19.6 Å². The zero-order valence-corrected chi connectivity index (χ0v) is 16.2. The van der Waals surface area contributed by atoms with Crippen LogP contribution in [0.3, 0.4) is 0 Å². The molecule has 0 aromatic rings. The van der Waals surface area contributed by atoms with Crippen molar-refractivity contribution in [3.8, 4) is 0 Å². The molecule has 0 amide bonds. The van der Waals surface area contributed by atoms with Gasteiger partial charge in [0.25, 0.3) is 0 Å². The maximum Gasteiger partial charge on any atom is 0.216 e. The summed E-state index contributed by atoms with van der Waals surface area (Å²) in [6, 6.07) is 0. The van der Waals surface area contributed by atoms with Gasteiger partial charge in [-0.05, 0) is 83.7 Å². The van der Waals surface area contributed by atoms with Gasteiger partial charge in [0.15, 0.2) is 0 Å². The Balaban J connectivity index is 1.53. The Labute approximate surface area is 147 Å². The number of piperidine rings is 1. The highest BCUT2D eigenvalue weighted by molar-refractivity contribution is 7.89. The van der Waals surface area contributed by atoms with E-state index < -0.39 is 15.6 Å². The number of aliphatic hydroxyl groups is 1. The molecule has 5 nitrogen and oxygen atoms in total. The molecule has 140 valence electrons. The molecule has 1 saturated carbocycles. The molecular formula is C18H34N2O3S. The van der Waals surface area contributed by atoms with Crippen LogP contribution in [0.4, 0.5) is 0 Å². The number of rotatable bonds is 4. The Morgan fingerprint density at radius 2 is 1.46 bits per heavy atom. The van der Waals surface area contributed by atoms with Gasteiger partial charge in [0.2, 0.25) is 10.0 Å². The lowest BCUT2D eigenvalue weighted by Gasteiger charge is -2.49. The van der Waals surface area contributed by atoms with E-state index in [4.69, 9.17) is 0 Å². The molecule has 2 saturated heterocycles. The monoisotopic (exact) mass is 358 g/mol. The van der Waals surface area contributed by atoms with Crippen LogP contribution in [0.5, 0.6) is 0 Å². The summed E-state index contributed by atoms with van der Waals surface area (Å²) in [6.07, 6.45) is 8.29. The molecule has 24 heavy (non-hydrogen) atoms. The Hall–Kier alpha value is -0.170. The van der Waals surface area contributed by atoms with Crippen molar-refractivity contribution in [3.63, 3.8) is 0 Å². The Bertz CT molecular complexity index is 522. The van der Waals surface area contributed by atoms with Gasteiger partial charge < -0.3 is 10.0 Å². The normalized spacial score (nSPS) is 28.7. The van der Waals surface area contributed by atoms with Gasteiger partial charge in [0.1, 0.15) is 0 Å². The quantitative estimate of drug-likeness (QED) is 0.837. The second-order valence-corrected chi connectivity index (χ2v) is 11.2. The molecule has 0 unspecified atom stereocenters. The van der Waals surface area contributed by atoms with Gasteiger partial charge in [0.05, 0.1) is 10.9 Å². The summed E-state index contributed by atoms with van der Waals surface area (Å²) in [5.74, 6) is 0. The van der Waals surface area contributed by atoms with E-state index in [1.165, 1.54) is 12.8 Å². The van der Waals surface area contributed by atoms with Crippen molar-refractivity contribution in [1.82, 2.24) is 9.21 Å². The fourth-order valence-corrected chi connectivity index (χ4v) is 6.06. The first-order valence-electron chi connectivity index (χ1n) is 9.69. The summed E-state index contributed by atoms with van der Waals surface area (Å²) in [6.45, 7) is 7.94. The van der Waals surface area contributed by atoms with Crippen molar-refractivity contribution in [1.29, 1.82) is 0 Å². The number of nitrogens with zero attached hydrogens (tertiary/aromatic N) is 2. The minimum Gasteiger partial charge on any atom is -0.389 e. The smallest absolute Gasteiger partial charge is 0.216 e. The van der Waals surface area contributed by atoms with Crippen molar-refractivity contribution >= 4 is 10.0 Å². The fourth-order valence-electron chi connectivity index (χ4n) is 4.77. The summed E-state index contributed by atoms with van der Waals surface area (Å²) < 4.78 is 26.4. The molecule has 2 aliphatic heterocycles. The molecule has 3 fully saturated rings. The third-order valence-corrected chi connectivity index (χ3v) is 8.97. The summed E-state index contributed by atoms with van der Waals surface area (Å²) in [4.78, 5) is 2.41. The summed E-state index contributed by atoms with van der Waals surface area (Å²) in [5.41, 5.74) is -0.253. The van der Waals surface area contributed by atoms with E-state index in [9.17, 15) is 13.5 Å². The van der Waals surface area contributed by atoms with Crippen molar-refractivity contribution in [2.24, 2.45) is 5.41 Å². The van der Waals surface area contributed by atoms with E-state index >= 15 is 0 Å². The summed E-state index contributed by atoms with van der Waals surface area (Å²) >= 11 is 0. The SMILES string of the molecule is CC(C)S(=O)(=O)N1CCC2(CC1)CCC(O)(CN1CCCC1)CC2. The van der Waals surface area contributed by atoms with Gasteiger partial charge >= 0.3 is 0 Å². The summed E-state index contributed by atoms with van der Waals surface area (Å²) in [5, 5.41) is 10.6. The van der Waals surface area contributed by atoms with E-state index in [1.807, 2.05) is 0 Å². The molecule has 0 aromatic carbocycles. The lowest BCUT2D eigenvalue weighted by molar-refractivity contribution is -0.0626. The highest BCUT2D eigenvalue weighted by atomic mass is 32.2. The molecular weight excluding hydrogens is 324 g/mol. The van der Waals surface area contributed by atoms with Crippen LogP contribution in [0.1, 0.15) is 65.2 Å². The number of sulfonamides is 1. The Kier molecular flexibility index (Phi) is 5.32. The van der Waals surface area contributed by atoms with Gasteiger partial charge in [-0.15, -0.1) is 0 Å². The molecule has 0 bridgehead atoms. The standard InChI is InChI=1S/C18H34N2O3S/c1-16(2)24(22,23)20-13-9-17(10-14-20)5-7-18(21,8-6-17)15-19-11-3-4-12-19/h16,21H,3-15H2,1-2H3. The average molecular weight is 359 g/mol. The first-order valence-corrected chi connectivity index (χ1v) is 11.2. The van der Waals surface area contributed by atoms with Crippen molar-refractivity contribution in [3.05, 3.63) is 0 Å². The second kappa shape index (κ2) is 6.86. The third kappa shape index (κ3) is 3.81. The highest BCUT2D eigenvalue weighted by Crippen LogP contribution is 2.48. The molecule has 3 aliphatic rings. The number of hydrogen-bond donors (Lipinski definition) is 1. The van der Waals surface area contributed by atoms with Crippen LogP contribution in [0.15, 0.2) is 0 Å². The Morgan fingerprint density at radius 3 is 1.96 bits per heavy atom. The topological polar surface area (TPSA) is 60.9 Å². The van der Waals surface area contributed by atoms with Crippen LogP contribution >= 0.6 is 0 Å². The molecule has 2 heterocycles. The van der Waals surface area contributed by atoms with E-state index in [1.54, 1.807) is 18.2 Å². The lowest BCUT2D eigenvalue weighted by atomic mass is 9.64. The minimum atomic E-state index is -3.12. The molecule has 1 spiro atoms. The minimum absolute atomic E-state index is 0.264. The van der Waals surface area contributed by atoms with Crippen molar-refractivity contribution in [2.45, 2.75) is 76.1 Å². The van der Waals surface area contributed by atoms with E-state index in [0.29, 0.717) is 13.1 Å². The largest absolute Gasteiger partial charge is 0.389 e. The van der Waals surface area contributed by atoms with Gasteiger partial charge in [-0.1, -0.05) is 0 Å².